The number of rotatable bonds is 0. The molecule has 10 heavy (non-hydrogen) atoms. The first-order chi connectivity index (χ1) is 4.97. The van der Waals surface area contributed by atoms with Gasteiger partial charge in [0, 0.05) is 0 Å². The molecule has 0 heteroatoms. The van der Waals surface area contributed by atoms with E-state index in [-0.39, 0.29) is 0 Å². The maximum atomic E-state index is 2.59. The van der Waals surface area contributed by atoms with Gasteiger partial charge in [0.15, 0.2) is 0 Å². The van der Waals surface area contributed by atoms with E-state index in [1.807, 2.05) is 0 Å². The summed E-state index contributed by atoms with van der Waals surface area (Å²) in [6, 6.07) is 0. The molecule has 0 heterocycles. The van der Waals surface area contributed by atoms with Crippen molar-refractivity contribution in [2.24, 2.45) is 11.8 Å². The molecule has 0 spiro atoms. The van der Waals surface area contributed by atoms with Crippen molar-refractivity contribution >= 4 is 0 Å². The van der Waals surface area contributed by atoms with Gasteiger partial charge in [-0.1, -0.05) is 32.1 Å². The zero-order valence-corrected chi connectivity index (χ0v) is 6.68. The molecule has 0 bridgehead atoms. The third-order valence-electron chi connectivity index (χ3n) is 3.22. The highest BCUT2D eigenvalue weighted by Gasteiger charge is 2.27. The second-order valence-corrected chi connectivity index (χ2v) is 3.87. The van der Waals surface area contributed by atoms with Crippen LogP contribution in [0.2, 0.25) is 0 Å². The second kappa shape index (κ2) is 2.94. The molecule has 0 aromatic rings. The smallest absolute Gasteiger partial charge is 0.0352 e. The first-order valence-electron chi connectivity index (χ1n) is 4.80. The summed E-state index contributed by atoms with van der Waals surface area (Å²) in [4.78, 5) is 0. The summed E-state index contributed by atoms with van der Waals surface area (Å²) >= 11 is 0. The fourth-order valence-electron chi connectivity index (χ4n) is 2.62. The van der Waals surface area contributed by atoms with Gasteiger partial charge in [-0.15, -0.1) is 0 Å². The molecule has 2 atom stereocenters. The Morgan fingerprint density at radius 2 is 1.70 bits per heavy atom. The average molecular weight is 137 g/mol. The summed E-state index contributed by atoms with van der Waals surface area (Å²) in [5.41, 5.74) is 0. The van der Waals surface area contributed by atoms with Crippen LogP contribution in [0.4, 0.5) is 0 Å². The molecule has 57 valence electrons. The first kappa shape index (κ1) is 6.69. The second-order valence-electron chi connectivity index (χ2n) is 3.87. The molecule has 2 aliphatic carbocycles. The van der Waals surface area contributed by atoms with Crippen LogP contribution in [0.25, 0.3) is 0 Å². The zero-order valence-electron chi connectivity index (χ0n) is 6.68. The standard InChI is InChI=1S/C10H17/c1-2-6-10-8-4-3-7-9(10)5-1/h5,9-10H,1-4,6-8H2/t9-,10-/m1/s1. The summed E-state index contributed by atoms with van der Waals surface area (Å²) < 4.78 is 0. The van der Waals surface area contributed by atoms with Crippen LogP contribution in [0.15, 0.2) is 0 Å². The summed E-state index contributed by atoms with van der Waals surface area (Å²) in [5.74, 6) is 2.13. The van der Waals surface area contributed by atoms with Crippen molar-refractivity contribution in [3.05, 3.63) is 6.42 Å². The Labute approximate surface area is 64.0 Å². The van der Waals surface area contributed by atoms with E-state index in [9.17, 15) is 0 Å². The number of hydrogen-bond donors (Lipinski definition) is 0. The van der Waals surface area contributed by atoms with E-state index < -0.39 is 0 Å². The highest BCUT2D eigenvalue weighted by atomic mass is 14.3. The SMILES string of the molecule is [CH]1CCC[C@@H]2CCCC[C@@H]12. The van der Waals surface area contributed by atoms with Crippen molar-refractivity contribution in [1.29, 1.82) is 0 Å². The summed E-state index contributed by atoms with van der Waals surface area (Å²) in [7, 11) is 0. The Morgan fingerprint density at radius 3 is 2.60 bits per heavy atom. The van der Waals surface area contributed by atoms with Crippen LogP contribution in [0, 0.1) is 18.3 Å². The first-order valence-corrected chi connectivity index (χ1v) is 4.80. The van der Waals surface area contributed by atoms with Gasteiger partial charge in [0.25, 0.3) is 0 Å². The Hall–Kier alpha value is 0. The third kappa shape index (κ3) is 1.21. The van der Waals surface area contributed by atoms with Crippen molar-refractivity contribution in [1.82, 2.24) is 0 Å². The molecule has 0 nitrogen and oxygen atoms in total. The number of fused-ring (bicyclic) bond motifs is 1. The molecule has 0 aromatic heterocycles. The Bertz CT molecular complexity index is 80.6. The highest BCUT2D eigenvalue weighted by molar-refractivity contribution is 4.89. The fraction of sp³-hybridized carbons (Fsp3) is 0.900. The Kier molecular flexibility index (Phi) is 1.97. The molecule has 2 rings (SSSR count). The lowest BCUT2D eigenvalue weighted by atomic mass is 9.71. The predicted octanol–water partition coefficient (Wildman–Crippen LogP) is 3.18. The van der Waals surface area contributed by atoms with E-state index >= 15 is 0 Å². The molecule has 0 aromatic carbocycles. The van der Waals surface area contributed by atoms with Gasteiger partial charge in [-0.05, 0) is 31.1 Å². The van der Waals surface area contributed by atoms with Gasteiger partial charge in [-0.2, -0.15) is 0 Å². The van der Waals surface area contributed by atoms with Crippen LogP contribution in [0.5, 0.6) is 0 Å². The van der Waals surface area contributed by atoms with Gasteiger partial charge in [-0.3, -0.25) is 0 Å². The van der Waals surface area contributed by atoms with E-state index in [0.29, 0.717) is 0 Å². The van der Waals surface area contributed by atoms with Crippen LogP contribution in [0.3, 0.4) is 0 Å². The molecule has 0 saturated heterocycles. The minimum atomic E-state index is 1.03. The lowest BCUT2D eigenvalue weighted by Gasteiger charge is -2.35. The lowest BCUT2D eigenvalue weighted by molar-refractivity contribution is 0.218. The minimum absolute atomic E-state index is 1.03. The Morgan fingerprint density at radius 1 is 0.900 bits per heavy atom. The molecule has 0 unspecified atom stereocenters. The van der Waals surface area contributed by atoms with Gasteiger partial charge < -0.3 is 0 Å². The van der Waals surface area contributed by atoms with E-state index in [2.05, 4.69) is 6.42 Å². The molecule has 0 aliphatic heterocycles. The molecule has 0 N–H and O–H groups in total. The van der Waals surface area contributed by atoms with E-state index in [1.54, 1.807) is 0 Å². The minimum Gasteiger partial charge on any atom is -0.0530 e. The van der Waals surface area contributed by atoms with Gasteiger partial charge in [0.1, 0.15) is 0 Å². The van der Waals surface area contributed by atoms with Crippen LogP contribution in [-0.4, -0.2) is 0 Å². The topological polar surface area (TPSA) is 0 Å². The van der Waals surface area contributed by atoms with Crippen LogP contribution in [0.1, 0.15) is 44.9 Å². The quantitative estimate of drug-likeness (QED) is 0.481. The molecule has 0 amide bonds. The van der Waals surface area contributed by atoms with Crippen molar-refractivity contribution in [2.45, 2.75) is 44.9 Å². The van der Waals surface area contributed by atoms with Crippen LogP contribution < -0.4 is 0 Å². The third-order valence-corrected chi connectivity index (χ3v) is 3.22. The maximum Gasteiger partial charge on any atom is -0.0352 e. The van der Waals surface area contributed by atoms with Gasteiger partial charge in [0.05, 0.1) is 0 Å². The molecular weight excluding hydrogens is 120 g/mol. The van der Waals surface area contributed by atoms with Crippen molar-refractivity contribution < 1.29 is 0 Å². The van der Waals surface area contributed by atoms with Crippen LogP contribution in [-0.2, 0) is 0 Å². The summed E-state index contributed by atoms with van der Waals surface area (Å²) in [6.07, 6.45) is 13.0. The molecule has 2 saturated carbocycles. The van der Waals surface area contributed by atoms with Crippen molar-refractivity contribution in [3.8, 4) is 0 Å². The van der Waals surface area contributed by atoms with Crippen LogP contribution >= 0.6 is 0 Å². The van der Waals surface area contributed by atoms with Crippen molar-refractivity contribution in [2.75, 3.05) is 0 Å². The molecule has 1 radical (unpaired) electrons. The lowest BCUT2D eigenvalue weighted by Crippen LogP contribution is -2.23. The average Bonchev–Trinajstić information content (AvgIpc) is 2.05. The monoisotopic (exact) mass is 137 g/mol. The van der Waals surface area contributed by atoms with Gasteiger partial charge in [-0.25, -0.2) is 0 Å². The maximum absolute atomic E-state index is 2.59. The Balaban J connectivity index is 1.93. The van der Waals surface area contributed by atoms with Gasteiger partial charge >= 0.3 is 0 Å². The highest BCUT2D eigenvalue weighted by Crippen LogP contribution is 2.39. The zero-order chi connectivity index (χ0) is 6.81. The fourth-order valence-corrected chi connectivity index (χ4v) is 2.62. The molecule has 2 fully saturated rings. The van der Waals surface area contributed by atoms with E-state index in [4.69, 9.17) is 0 Å². The molecular formula is C10H17. The van der Waals surface area contributed by atoms with Gasteiger partial charge in [0.2, 0.25) is 0 Å². The number of hydrogen-bond acceptors (Lipinski definition) is 0. The van der Waals surface area contributed by atoms with Crippen molar-refractivity contribution in [3.63, 3.8) is 0 Å². The normalized spacial score (nSPS) is 40.8. The predicted molar refractivity (Wildman–Crippen MR) is 43.6 cm³/mol. The summed E-state index contributed by atoms with van der Waals surface area (Å²) in [6.45, 7) is 0. The largest absolute Gasteiger partial charge is 0.0530 e. The van der Waals surface area contributed by atoms with E-state index in [1.165, 1.54) is 44.9 Å². The van der Waals surface area contributed by atoms with E-state index in [0.717, 1.165) is 11.8 Å². The molecule has 2 aliphatic rings. The summed E-state index contributed by atoms with van der Waals surface area (Å²) in [5, 5.41) is 0.